The molecule has 0 radical (unpaired) electrons. The predicted octanol–water partition coefficient (Wildman–Crippen LogP) is 1.47. The number of imidazole rings is 1. The van der Waals surface area contributed by atoms with Crippen molar-refractivity contribution in [2.75, 3.05) is 13.2 Å². The van der Waals surface area contributed by atoms with Crippen LogP contribution in [0.1, 0.15) is 24.3 Å². The average molecular weight is 387 g/mol. The number of amides is 3. The summed E-state index contributed by atoms with van der Waals surface area (Å²) < 4.78 is 5.07. The molecular formula is C17H17N5O6. The van der Waals surface area contributed by atoms with Crippen molar-refractivity contribution in [1.82, 2.24) is 20.2 Å². The Morgan fingerprint density at radius 3 is 2.75 bits per heavy atom. The lowest BCUT2D eigenvalue weighted by atomic mass is 10.1. The van der Waals surface area contributed by atoms with Crippen molar-refractivity contribution in [2.45, 2.75) is 19.4 Å². The normalized spacial score (nSPS) is 15.4. The highest BCUT2D eigenvalue weighted by molar-refractivity contribution is 6.06. The Morgan fingerprint density at radius 1 is 1.36 bits per heavy atom. The van der Waals surface area contributed by atoms with Crippen LogP contribution in [0, 0.1) is 10.1 Å². The van der Waals surface area contributed by atoms with E-state index in [1.54, 1.807) is 19.9 Å². The third kappa shape index (κ3) is 3.68. The zero-order valence-electron chi connectivity index (χ0n) is 15.1. The molecule has 0 spiro atoms. The van der Waals surface area contributed by atoms with Gasteiger partial charge in [-0.1, -0.05) is 12.1 Å². The number of urea groups is 1. The average Bonchev–Trinajstić information content (AvgIpc) is 3.20. The summed E-state index contributed by atoms with van der Waals surface area (Å²) >= 11 is 0. The molecule has 3 amide bonds. The molecule has 1 saturated heterocycles. The van der Waals surface area contributed by atoms with Gasteiger partial charge in [-0.15, -0.1) is 0 Å². The van der Waals surface area contributed by atoms with Gasteiger partial charge >= 0.3 is 12.0 Å². The zero-order chi connectivity index (χ0) is 20.5. The minimum Gasteiger partial charge on any atom is -0.459 e. The fourth-order valence-electron chi connectivity index (χ4n) is 2.67. The quantitative estimate of drug-likeness (QED) is 0.330. The molecule has 0 aliphatic carbocycles. The number of nitrogens with one attached hydrogen (secondary N) is 2. The van der Waals surface area contributed by atoms with E-state index in [1.807, 2.05) is 0 Å². The third-order valence-corrected chi connectivity index (χ3v) is 4.12. The monoisotopic (exact) mass is 387 g/mol. The van der Waals surface area contributed by atoms with Crippen LogP contribution in [0.4, 0.5) is 10.5 Å². The summed E-state index contributed by atoms with van der Waals surface area (Å²) in [4.78, 5) is 54.0. The summed E-state index contributed by atoms with van der Waals surface area (Å²) in [6.07, 6.45) is 1.24. The van der Waals surface area contributed by atoms with Gasteiger partial charge in [0.1, 0.15) is 23.7 Å². The molecule has 2 aromatic rings. The van der Waals surface area contributed by atoms with Gasteiger partial charge in [-0.25, -0.2) is 14.6 Å². The molecule has 1 fully saturated rings. The van der Waals surface area contributed by atoms with Gasteiger partial charge in [-0.2, -0.15) is 0 Å². The number of aromatic nitrogens is 2. The number of non-ortho nitro benzene ring substituents is 1. The Hall–Kier alpha value is -3.76. The maximum Gasteiger partial charge on any atom is 0.356 e. The number of nitro benzene ring substituents is 1. The summed E-state index contributed by atoms with van der Waals surface area (Å²) in [7, 11) is 0. The summed E-state index contributed by atoms with van der Waals surface area (Å²) in [5, 5.41) is 13.4. The van der Waals surface area contributed by atoms with Crippen molar-refractivity contribution in [2.24, 2.45) is 0 Å². The Balaban J connectivity index is 1.61. The summed E-state index contributed by atoms with van der Waals surface area (Å²) in [5.74, 6) is -0.856. The number of imide groups is 1. The molecule has 1 aromatic carbocycles. The molecule has 2 heterocycles. The van der Waals surface area contributed by atoms with Gasteiger partial charge in [0, 0.05) is 17.7 Å². The fourth-order valence-corrected chi connectivity index (χ4v) is 2.67. The maximum atomic E-state index is 12.1. The van der Waals surface area contributed by atoms with E-state index in [9.17, 15) is 24.5 Å². The number of H-pyrrole nitrogens is 1. The molecule has 0 atom stereocenters. The van der Waals surface area contributed by atoms with Crippen LogP contribution in [-0.2, 0) is 9.53 Å². The fraction of sp³-hybridized carbons (Fsp3) is 0.294. The number of esters is 1. The number of hydrogen-bond acceptors (Lipinski definition) is 7. The van der Waals surface area contributed by atoms with Crippen LogP contribution in [0.2, 0.25) is 0 Å². The highest BCUT2D eigenvalue weighted by Gasteiger charge is 2.43. The maximum absolute atomic E-state index is 12.1. The number of carbonyl (C=O) groups is 3. The number of nitro groups is 1. The second-order valence-electron chi connectivity index (χ2n) is 6.60. The Bertz CT molecular complexity index is 966. The van der Waals surface area contributed by atoms with Gasteiger partial charge in [-0.3, -0.25) is 19.8 Å². The molecular weight excluding hydrogens is 370 g/mol. The van der Waals surface area contributed by atoms with Gasteiger partial charge in [0.25, 0.3) is 11.6 Å². The van der Waals surface area contributed by atoms with Crippen molar-refractivity contribution in [3.8, 4) is 11.4 Å². The molecule has 1 aliphatic rings. The molecule has 11 heteroatoms. The highest BCUT2D eigenvalue weighted by Crippen LogP contribution is 2.21. The lowest BCUT2D eigenvalue weighted by molar-refractivity contribution is -0.384. The molecule has 3 rings (SSSR count). The molecule has 1 aliphatic heterocycles. The van der Waals surface area contributed by atoms with E-state index in [4.69, 9.17) is 4.74 Å². The second kappa shape index (κ2) is 7.10. The zero-order valence-corrected chi connectivity index (χ0v) is 15.1. The van der Waals surface area contributed by atoms with Crippen molar-refractivity contribution >= 4 is 23.6 Å². The molecule has 0 saturated carbocycles. The van der Waals surface area contributed by atoms with Crippen molar-refractivity contribution < 1.29 is 24.0 Å². The van der Waals surface area contributed by atoms with E-state index in [1.165, 1.54) is 24.4 Å². The second-order valence-corrected chi connectivity index (χ2v) is 6.60. The third-order valence-electron chi connectivity index (χ3n) is 4.12. The van der Waals surface area contributed by atoms with Crippen LogP contribution in [0.15, 0.2) is 30.5 Å². The van der Waals surface area contributed by atoms with Gasteiger partial charge in [-0.05, 0) is 13.8 Å². The number of hydrogen-bond donors (Lipinski definition) is 2. The highest BCUT2D eigenvalue weighted by atomic mass is 16.6. The van der Waals surface area contributed by atoms with Crippen LogP contribution in [0.3, 0.4) is 0 Å². The van der Waals surface area contributed by atoms with Gasteiger partial charge in [0.2, 0.25) is 0 Å². The van der Waals surface area contributed by atoms with E-state index in [-0.39, 0.29) is 30.4 Å². The number of rotatable bonds is 6. The standard InChI is InChI=1S/C17H17N5O6/c1-17(2)15(24)21(16(25)20-17)6-7-28-14(23)12-9-18-13(19-12)10-4-3-5-11(8-10)22(26)27/h3-5,8-9H,6-7H2,1-2H3,(H,18,19)(H,20,25). The van der Waals surface area contributed by atoms with E-state index in [0.29, 0.717) is 5.56 Å². The lowest BCUT2D eigenvalue weighted by Crippen LogP contribution is -2.40. The van der Waals surface area contributed by atoms with E-state index < -0.39 is 28.4 Å². The summed E-state index contributed by atoms with van der Waals surface area (Å²) in [6.45, 7) is 2.91. The van der Waals surface area contributed by atoms with E-state index >= 15 is 0 Å². The number of ether oxygens (including phenoxy) is 1. The number of carbonyl (C=O) groups excluding carboxylic acids is 3. The predicted molar refractivity (Wildman–Crippen MR) is 95.3 cm³/mol. The summed E-state index contributed by atoms with van der Waals surface area (Å²) in [5.41, 5.74) is -0.610. The van der Waals surface area contributed by atoms with Crippen molar-refractivity contribution in [1.29, 1.82) is 0 Å². The Kier molecular flexibility index (Phi) is 4.82. The van der Waals surface area contributed by atoms with Crippen molar-refractivity contribution in [3.63, 3.8) is 0 Å². The van der Waals surface area contributed by atoms with Gasteiger partial charge < -0.3 is 15.0 Å². The number of benzene rings is 1. The van der Waals surface area contributed by atoms with Crippen LogP contribution in [0.25, 0.3) is 11.4 Å². The lowest BCUT2D eigenvalue weighted by Gasteiger charge is -2.15. The van der Waals surface area contributed by atoms with Crippen LogP contribution in [-0.4, -0.2) is 56.4 Å². The smallest absolute Gasteiger partial charge is 0.356 e. The van der Waals surface area contributed by atoms with Gasteiger partial charge in [0.05, 0.1) is 17.7 Å². The molecule has 11 nitrogen and oxygen atoms in total. The summed E-state index contributed by atoms with van der Waals surface area (Å²) in [6, 6.07) is 5.25. The van der Waals surface area contributed by atoms with E-state index in [2.05, 4.69) is 15.3 Å². The first kappa shape index (κ1) is 19.0. The number of aromatic amines is 1. The molecule has 0 unspecified atom stereocenters. The first-order valence-corrected chi connectivity index (χ1v) is 8.30. The first-order valence-electron chi connectivity index (χ1n) is 8.30. The largest absolute Gasteiger partial charge is 0.459 e. The Labute approximate surface area is 158 Å². The minimum atomic E-state index is -0.988. The molecule has 146 valence electrons. The number of nitrogens with zero attached hydrogens (tertiary/aromatic N) is 3. The molecule has 0 bridgehead atoms. The van der Waals surface area contributed by atoms with Crippen LogP contribution in [0.5, 0.6) is 0 Å². The molecule has 2 N–H and O–H groups in total. The van der Waals surface area contributed by atoms with Gasteiger partial charge in [0.15, 0.2) is 0 Å². The Morgan fingerprint density at radius 2 is 2.11 bits per heavy atom. The first-order chi connectivity index (χ1) is 13.2. The van der Waals surface area contributed by atoms with Crippen LogP contribution >= 0.6 is 0 Å². The topological polar surface area (TPSA) is 148 Å². The molecule has 1 aromatic heterocycles. The van der Waals surface area contributed by atoms with E-state index in [0.717, 1.165) is 4.90 Å². The minimum absolute atomic E-state index is 0.0408. The molecule has 28 heavy (non-hydrogen) atoms. The van der Waals surface area contributed by atoms with Crippen molar-refractivity contribution in [3.05, 3.63) is 46.3 Å². The van der Waals surface area contributed by atoms with Crippen LogP contribution < -0.4 is 5.32 Å². The SMILES string of the molecule is CC1(C)NC(=O)N(CCOC(=O)c2cnc(-c3cccc([N+](=O)[O-])c3)[nH]2)C1=O.